The van der Waals surface area contributed by atoms with Gasteiger partial charge in [0.1, 0.15) is 0 Å². The summed E-state index contributed by atoms with van der Waals surface area (Å²) in [6, 6.07) is 4.85. The Morgan fingerprint density at radius 1 is 1.33 bits per heavy atom. The molecule has 0 amide bonds. The number of nitrogens with zero attached hydrogens (tertiary/aromatic N) is 1. The van der Waals surface area contributed by atoms with Gasteiger partial charge in [-0.3, -0.25) is 9.36 Å². The molecule has 1 aliphatic rings. The summed E-state index contributed by atoms with van der Waals surface area (Å²) in [6.45, 7) is 6.08. The Morgan fingerprint density at radius 3 is 2.67 bits per heavy atom. The topological polar surface area (TPSA) is 82.9 Å². The predicted octanol–water partition coefficient (Wildman–Crippen LogP) is 1.57. The summed E-state index contributed by atoms with van der Waals surface area (Å²) in [5.41, 5.74) is 1.27. The fraction of sp³-hybridized carbons (Fsp3) is 0.556. The summed E-state index contributed by atoms with van der Waals surface area (Å²) >= 11 is 5.35. The number of benzene rings is 1. The molecule has 3 rings (SSSR count). The molecule has 0 atom stereocenters. The Kier molecular flexibility index (Phi) is 6.02. The summed E-state index contributed by atoms with van der Waals surface area (Å²) < 4.78 is 37.0. The molecule has 0 bridgehead atoms. The lowest BCUT2D eigenvalue weighted by atomic mass is 9.97. The molecule has 27 heavy (non-hydrogen) atoms. The number of hydrogen-bond donors (Lipinski definition) is 1. The number of carbonyl (C=O) groups excluding carboxylic acids is 1. The smallest absolute Gasteiger partial charge is 0.309 e. The molecule has 1 aromatic carbocycles. The highest BCUT2D eigenvalue weighted by molar-refractivity contribution is 7.91. The number of oxazole rings is 1. The Bertz CT molecular complexity index is 985. The molecule has 1 aromatic heterocycles. The van der Waals surface area contributed by atoms with Gasteiger partial charge in [0.25, 0.3) is 4.84 Å². The van der Waals surface area contributed by atoms with Crippen LogP contribution in [0.2, 0.25) is 0 Å². The second-order valence-electron chi connectivity index (χ2n) is 6.76. The number of fused-ring (bicyclic) bond motifs is 1. The summed E-state index contributed by atoms with van der Waals surface area (Å²) in [4.78, 5) is 13.8. The molecule has 7 nitrogen and oxygen atoms in total. The van der Waals surface area contributed by atoms with E-state index in [1.165, 1.54) is 4.90 Å². The molecule has 0 radical (unpaired) electrons. The molecule has 1 saturated heterocycles. The molecule has 2 heterocycles. The quantitative estimate of drug-likeness (QED) is 0.572. The number of esters is 1. The number of quaternary nitrogens is 1. The fourth-order valence-corrected chi connectivity index (χ4v) is 4.61. The first-order valence-electron chi connectivity index (χ1n) is 9.22. The molecule has 0 spiro atoms. The van der Waals surface area contributed by atoms with Crippen LogP contribution in [0.5, 0.6) is 0 Å². The van der Waals surface area contributed by atoms with E-state index < -0.39 is 9.84 Å². The van der Waals surface area contributed by atoms with Crippen molar-refractivity contribution in [1.82, 2.24) is 4.57 Å². The van der Waals surface area contributed by atoms with Crippen LogP contribution in [0.4, 0.5) is 0 Å². The van der Waals surface area contributed by atoms with E-state index in [4.69, 9.17) is 21.4 Å². The van der Waals surface area contributed by atoms with Gasteiger partial charge < -0.3 is 14.1 Å². The van der Waals surface area contributed by atoms with Gasteiger partial charge in [-0.15, -0.1) is 0 Å². The lowest BCUT2D eigenvalue weighted by Crippen LogP contribution is -3.12. The zero-order valence-electron chi connectivity index (χ0n) is 15.6. The zero-order chi connectivity index (χ0) is 19.6. The van der Waals surface area contributed by atoms with Crippen molar-refractivity contribution in [2.24, 2.45) is 5.92 Å². The van der Waals surface area contributed by atoms with Gasteiger partial charge in [0, 0.05) is 12.8 Å². The number of sulfone groups is 1. The lowest BCUT2D eigenvalue weighted by Gasteiger charge is -2.28. The minimum Gasteiger partial charge on any atom is -0.466 e. The van der Waals surface area contributed by atoms with Crippen molar-refractivity contribution in [3.8, 4) is 0 Å². The van der Waals surface area contributed by atoms with Crippen LogP contribution >= 0.6 is 12.2 Å². The maximum absolute atomic E-state index is 12.2. The number of hydrogen-bond acceptors (Lipinski definition) is 6. The monoisotopic (exact) mass is 413 g/mol. The molecular formula is C18H25N2O5S2+. The number of nitrogens with one attached hydrogen (secondary N) is 1. The Labute approximate surface area is 163 Å². The van der Waals surface area contributed by atoms with Crippen LogP contribution in [0.3, 0.4) is 0 Å². The van der Waals surface area contributed by atoms with Crippen LogP contribution in [-0.2, 0) is 26.0 Å². The van der Waals surface area contributed by atoms with Crippen molar-refractivity contribution in [3.63, 3.8) is 0 Å². The molecule has 148 valence electrons. The minimum absolute atomic E-state index is 0.0379. The predicted molar refractivity (Wildman–Crippen MR) is 103 cm³/mol. The average molecular weight is 414 g/mol. The van der Waals surface area contributed by atoms with Gasteiger partial charge in [-0.05, 0) is 37.3 Å². The van der Waals surface area contributed by atoms with Gasteiger partial charge in [0.05, 0.1) is 41.8 Å². The van der Waals surface area contributed by atoms with E-state index in [1.807, 2.05) is 11.5 Å². The molecule has 9 heteroatoms. The summed E-state index contributed by atoms with van der Waals surface area (Å²) in [6.07, 6.45) is 1.54. The van der Waals surface area contributed by atoms with Gasteiger partial charge in [0.15, 0.2) is 22.1 Å². The minimum atomic E-state index is -3.30. The lowest BCUT2D eigenvalue weighted by molar-refractivity contribution is -0.928. The third kappa shape index (κ3) is 4.25. The molecule has 0 saturated carbocycles. The van der Waals surface area contributed by atoms with Crippen LogP contribution < -0.4 is 4.90 Å². The van der Waals surface area contributed by atoms with E-state index in [0.29, 0.717) is 29.2 Å². The SMILES string of the molecule is CCOC(=O)C1CC[NH+](Cn2c(=S)oc3ccc(S(=O)(=O)CC)cc32)CC1. The summed E-state index contributed by atoms with van der Waals surface area (Å²) in [5, 5.41) is 0. The number of piperidine rings is 1. The first-order valence-corrected chi connectivity index (χ1v) is 11.3. The highest BCUT2D eigenvalue weighted by Gasteiger charge is 2.29. The number of aromatic nitrogens is 1. The van der Waals surface area contributed by atoms with Crippen LogP contribution in [0.25, 0.3) is 11.1 Å². The van der Waals surface area contributed by atoms with Gasteiger partial charge in [0.2, 0.25) is 0 Å². The van der Waals surface area contributed by atoms with Crippen molar-refractivity contribution in [3.05, 3.63) is 23.0 Å². The molecule has 1 N–H and O–H groups in total. The van der Waals surface area contributed by atoms with E-state index >= 15 is 0 Å². The maximum atomic E-state index is 12.2. The second kappa shape index (κ2) is 8.12. The van der Waals surface area contributed by atoms with Gasteiger partial charge >= 0.3 is 5.97 Å². The third-order valence-electron chi connectivity index (χ3n) is 5.07. The standard InChI is InChI=1S/C18H24N2O5S2/c1-3-24-17(21)13-7-9-19(10-8-13)12-20-15-11-14(27(22,23)4-2)5-6-16(15)25-18(20)26/h5-6,11,13H,3-4,7-10,12H2,1-2H3/p+1. The molecule has 0 unspecified atom stereocenters. The zero-order valence-corrected chi connectivity index (χ0v) is 17.2. The largest absolute Gasteiger partial charge is 0.466 e. The van der Waals surface area contributed by atoms with E-state index in [-0.39, 0.29) is 22.5 Å². The Balaban J connectivity index is 1.79. The number of rotatable bonds is 6. The molecule has 2 aromatic rings. The highest BCUT2D eigenvalue weighted by atomic mass is 32.2. The first kappa shape index (κ1) is 20.0. The van der Waals surface area contributed by atoms with Crippen molar-refractivity contribution < 1.29 is 27.3 Å². The van der Waals surface area contributed by atoms with Crippen LogP contribution in [-0.4, -0.2) is 44.4 Å². The van der Waals surface area contributed by atoms with E-state index in [2.05, 4.69) is 0 Å². The Morgan fingerprint density at radius 2 is 2.04 bits per heavy atom. The molecule has 0 aliphatic carbocycles. The highest BCUT2D eigenvalue weighted by Crippen LogP contribution is 2.22. The van der Waals surface area contributed by atoms with Crippen molar-refractivity contribution >= 4 is 39.1 Å². The van der Waals surface area contributed by atoms with E-state index in [0.717, 1.165) is 25.9 Å². The second-order valence-corrected chi connectivity index (χ2v) is 9.39. The van der Waals surface area contributed by atoms with Gasteiger partial charge in [-0.1, -0.05) is 6.92 Å². The molecule has 1 fully saturated rings. The van der Waals surface area contributed by atoms with Crippen LogP contribution in [0.15, 0.2) is 27.5 Å². The molecular weight excluding hydrogens is 388 g/mol. The van der Waals surface area contributed by atoms with Crippen molar-refractivity contribution in [1.29, 1.82) is 0 Å². The van der Waals surface area contributed by atoms with Gasteiger partial charge in [-0.25, -0.2) is 8.42 Å². The molecule has 1 aliphatic heterocycles. The summed E-state index contributed by atoms with van der Waals surface area (Å²) in [7, 11) is -3.30. The van der Waals surface area contributed by atoms with Gasteiger partial charge in [-0.2, -0.15) is 0 Å². The Hall–Kier alpha value is -1.71. The third-order valence-corrected chi connectivity index (χ3v) is 7.11. The van der Waals surface area contributed by atoms with E-state index in [9.17, 15) is 13.2 Å². The first-order chi connectivity index (χ1) is 12.9. The number of likely N-dealkylation sites (tertiary alicyclic amines) is 1. The van der Waals surface area contributed by atoms with E-state index in [1.54, 1.807) is 25.1 Å². The van der Waals surface area contributed by atoms with Crippen molar-refractivity contribution in [2.45, 2.75) is 38.3 Å². The van der Waals surface area contributed by atoms with Crippen molar-refractivity contribution in [2.75, 3.05) is 25.4 Å². The summed E-state index contributed by atoms with van der Waals surface area (Å²) in [5.74, 6) is -0.107. The average Bonchev–Trinajstić information content (AvgIpc) is 2.97. The number of carbonyl (C=O) groups is 1. The van der Waals surface area contributed by atoms with Crippen LogP contribution in [0.1, 0.15) is 26.7 Å². The maximum Gasteiger partial charge on any atom is 0.309 e. The van der Waals surface area contributed by atoms with Crippen LogP contribution in [0, 0.1) is 10.8 Å². The number of ether oxygens (including phenoxy) is 1. The normalized spacial score (nSPS) is 20.7. The fourth-order valence-electron chi connectivity index (χ4n) is 3.46.